The summed E-state index contributed by atoms with van der Waals surface area (Å²) in [6.07, 6.45) is 0. The van der Waals surface area contributed by atoms with Crippen LogP contribution in [0.25, 0.3) is 10.2 Å². The SMILES string of the molecule is COc1ccc([N+](=O)[O-])cc1NC(=O)[C@H](C)Sc1nc2ccccc2s1. The molecule has 1 atom stereocenters. The van der Waals surface area contributed by atoms with Crippen LogP contribution in [0.1, 0.15) is 6.92 Å². The number of non-ortho nitro benzene ring substituents is 1. The number of nitrogens with one attached hydrogen (secondary N) is 1. The van der Waals surface area contributed by atoms with Crippen LogP contribution in [0, 0.1) is 10.1 Å². The number of methoxy groups -OCH3 is 1. The number of carbonyl (C=O) groups is 1. The van der Waals surface area contributed by atoms with Crippen LogP contribution in [-0.2, 0) is 4.79 Å². The van der Waals surface area contributed by atoms with Crippen LogP contribution in [0.5, 0.6) is 5.75 Å². The molecule has 0 spiro atoms. The molecule has 0 bridgehead atoms. The molecule has 0 aliphatic rings. The molecule has 0 aliphatic carbocycles. The molecule has 134 valence electrons. The van der Waals surface area contributed by atoms with E-state index in [2.05, 4.69) is 10.3 Å². The van der Waals surface area contributed by atoms with Gasteiger partial charge in [-0.2, -0.15) is 0 Å². The first-order chi connectivity index (χ1) is 12.5. The largest absolute Gasteiger partial charge is 0.495 e. The van der Waals surface area contributed by atoms with Crippen molar-refractivity contribution in [3.8, 4) is 5.75 Å². The maximum absolute atomic E-state index is 12.5. The Labute approximate surface area is 157 Å². The number of thioether (sulfide) groups is 1. The van der Waals surface area contributed by atoms with Gasteiger partial charge in [0.25, 0.3) is 5.69 Å². The summed E-state index contributed by atoms with van der Waals surface area (Å²) >= 11 is 2.86. The Hall–Kier alpha value is -2.65. The second-order valence-corrected chi connectivity index (χ2v) is 7.96. The number of nitro benzene ring substituents is 1. The molecule has 2 aromatic carbocycles. The van der Waals surface area contributed by atoms with Crippen molar-refractivity contribution in [2.75, 3.05) is 12.4 Å². The number of rotatable bonds is 6. The minimum Gasteiger partial charge on any atom is -0.495 e. The van der Waals surface area contributed by atoms with Gasteiger partial charge in [0.1, 0.15) is 5.75 Å². The van der Waals surface area contributed by atoms with Crippen LogP contribution in [-0.4, -0.2) is 28.2 Å². The maximum Gasteiger partial charge on any atom is 0.271 e. The van der Waals surface area contributed by atoms with Gasteiger partial charge in [-0.25, -0.2) is 4.98 Å². The van der Waals surface area contributed by atoms with Crippen LogP contribution < -0.4 is 10.1 Å². The Kier molecular flexibility index (Phi) is 5.38. The maximum atomic E-state index is 12.5. The zero-order valence-corrected chi connectivity index (χ0v) is 15.6. The third-order valence-electron chi connectivity index (χ3n) is 3.57. The number of ether oxygens (including phenoxy) is 1. The highest BCUT2D eigenvalue weighted by atomic mass is 32.2. The highest BCUT2D eigenvalue weighted by Gasteiger charge is 2.20. The summed E-state index contributed by atoms with van der Waals surface area (Å²) < 4.78 is 7.01. The summed E-state index contributed by atoms with van der Waals surface area (Å²) in [4.78, 5) is 27.4. The fourth-order valence-electron chi connectivity index (χ4n) is 2.25. The Morgan fingerprint density at radius 1 is 1.35 bits per heavy atom. The van der Waals surface area contributed by atoms with Gasteiger partial charge in [-0.05, 0) is 25.1 Å². The lowest BCUT2D eigenvalue weighted by Crippen LogP contribution is -2.22. The lowest BCUT2D eigenvalue weighted by molar-refractivity contribution is -0.384. The molecule has 26 heavy (non-hydrogen) atoms. The zero-order valence-electron chi connectivity index (χ0n) is 14.0. The van der Waals surface area contributed by atoms with Gasteiger partial charge in [-0.3, -0.25) is 14.9 Å². The van der Waals surface area contributed by atoms with Crippen LogP contribution in [0.3, 0.4) is 0 Å². The van der Waals surface area contributed by atoms with E-state index in [0.29, 0.717) is 5.75 Å². The predicted molar refractivity (Wildman–Crippen MR) is 103 cm³/mol. The Balaban J connectivity index is 1.74. The van der Waals surface area contributed by atoms with Crippen LogP contribution >= 0.6 is 23.1 Å². The number of aromatic nitrogens is 1. The van der Waals surface area contributed by atoms with Crippen molar-refractivity contribution in [3.63, 3.8) is 0 Å². The van der Waals surface area contributed by atoms with Crippen LogP contribution in [0.15, 0.2) is 46.8 Å². The standard InChI is InChI=1S/C17H15N3O4S2/c1-10(25-17-19-12-5-3-4-6-15(12)26-17)16(21)18-13-9-11(20(22)23)7-8-14(13)24-2/h3-10H,1-2H3,(H,18,21)/t10-/m0/s1. The lowest BCUT2D eigenvalue weighted by Gasteiger charge is -2.13. The second-order valence-electron chi connectivity index (χ2n) is 5.34. The summed E-state index contributed by atoms with van der Waals surface area (Å²) in [7, 11) is 1.44. The molecule has 1 amide bonds. The molecule has 9 heteroatoms. The highest BCUT2D eigenvalue weighted by Crippen LogP contribution is 2.33. The Morgan fingerprint density at radius 2 is 2.12 bits per heavy atom. The lowest BCUT2D eigenvalue weighted by atomic mass is 10.2. The van der Waals surface area contributed by atoms with E-state index in [1.807, 2.05) is 24.3 Å². The molecule has 1 N–H and O–H groups in total. The fourth-order valence-corrected chi connectivity index (χ4v) is 4.46. The number of nitrogens with zero attached hydrogens (tertiary/aromatic N) is 2. The molecule has 0 saturated carbocycles. The van der Waals surface area contributed by atoms with Gasteiger partial charge in [-0.15, -0.1) is 11.3 Å². The minimum absolute atomic E-state index is 0.118. The van der Waals surface area contributed by atoms with E-state index in [4.69, 9.17) is 4.74 Å². The van der Waals surface area contributed by atoms with Crippen molar-refractivity contribution < 1.29 is 14.5 Å². The molecule has 3 rings (SSSR count). The van der Waals surface area contributed by atoms with Crippen LogP contribution in [0.2, 0.25) is 0 Å². The highest BCUT2D eigenvalue weighted by molar-refractivity contribution is 8.02. The van der Waals surface area contributed by atoms with Gasteiger partial charge >= 0.3 is 0 Å². The van der Waals surface area contributed by atoms with Gasteiger partial charge in [0.05, 0.1) is 33.2 Å². The molecule has 0 aliphatic heterocycles. The van der Waals surface area contributed by atoms with Crippen LogP contribution in [0.4, 0.5) is 11.4 Å². The van der Waals surface area contributed by atoms with E-state index >= 15 is 0 Å². The number of para-hydroxylation sites is 1. The van der Waals surface area contributed by atoms with Crippen molar-refractivity contribution >= 4 is 50.6 Å². The van der Waals surface area contributed by atoms with Crippen molar-refractivity contribution in [1.29, 1.82) is 0 Å². The monoisotopic (exact) mass is 389 g/mol. The van der Waals surface area contributed by atoms with Gasteiger partial charge in [0.15, 0.2) is 4.34 Å². The van der Waals surface area contributed by atoms with Gasteiger partial charge in [0.2, 0.25) is 5.91 Å². The molecule has 0 saturated heterocycles. The number of benzene rings is 2. The number of fused-ring (bicyclic) bond motifs is 1. The number of thiazole rings is 1. The van der Waals surface area contributed by atoms with Gasteiger partial charge in [-0.1, -0.05) is 23.9 Å². The fraction of sp³-hybridized carbons (Fsp3) is 0.176. The van der Waals surface area contributed by atoms with Crippen molar-refractivity contribution in [2.45, 2.75) is 16.5 Å². The number of hydrogen-bond acceptors (Lipinski definition) is 7. The van der Waals surface area contributed by atoms with Gasteiger partial charge < -0.3 is 10.1 Å². The number of amides is 1. The number of anilines is 1. The topological polar surface area (TPSA) is 94.4 Å². The zero-order chi connectivity index (χ0) is 18.7. The summed E-state index contributed by atoms with van der Waals surface area (Å²) in [5, 5.41) is 13.2. The molecule has 0 unspecified atom stereocenters. The van der Waals surface area contributed by atoms with Crippen molar-refractivity contribution in [3.05, 3.63) is 52.6 Å². The molecular formula is C17H15N3O4S2. The van der Waals surface area contributed by atoms with E-state index in [0.717, 1.165) is 14.6 Å². The third kappa shape index (κ3) is 3.94. The smallest absolute Gasteiger partial charge is 0.271 e. The molecule has 3 aromatic rings. The number of hydrogen-bond donors (Lipinski definition) is 1. The Bertz CT molecular complexity index is 941. The average Bonchev–Trinajstić information content (AvgIpc) is 3.03. The molecule has 7 nitrogen and oxygen atoms in total. The third-order valence-corrected chi connectivity index (χ3v) is 5.80. The summed E-state index contributed by atoms with van der Waals surface area (Å²) in [5.74, 6) is 0.0780. The number of carbonyl (C=O) groups excluding carboxylic acids is 1. The summed E-state index contributed by atoms with van der Waals surface area (Å²) in [6, 6.07) is 11.8. The summed E-state index contributed by atoms with van der Waals surface area (Å²) in [6.45, 7) is 1.76. The molecule has 0 fully saturated rings. The van der Waals surface area contributed by atoms with Gasteiger partial charge in [0, 0.05) is 12.1 Å². The Morgan fingerprint density at radius 3 is 2.81 bits per heavy atom. The quantitative estimate of drug-likeness (QED) is 0.383. The molecule has 1 aromatic heterocycles. The van der Waals surface area contributed by atoms with Crippen molar-refractivity contribution in [1.82, 2.24) is 4.98 Å². The van der Waals surface area contributed by atoms with E-state index in [9.17, 15) is 14.9 Å². The normalized spacial score (nSPS) is 11.9. The first kappa shape index (κ1) is 18.2. The average molecular weight is 389 g/mol. The van der Waals surface area contributed by atoms with Crippen molar-refractivity contribution in [2.24, 2.45) is 0 Å². The van der Waals surface area contributed by atoms with E-state index in [-0.39, 0.29) is 17.3 Å². The first-order valence-corrected chi connectivity index (χ1v) is 9.33. The second kappa shape index (κ2) is 7.71. The van der Waals surface area contributed by atoms with E-state index in [1.54, 1.807) is 6.92 Å². The summed E-state index contributed by atoms with van der Waals surface area (Å²) in [5.41, 5.74) is 1.05. The van der Waals surface area contributed by atoms with E-state index in [1.165, 1.54) is 48.4 Å². The molecular weight excluding hydrogens is 374 g/mol. The molecule has 0 radical (unpaired) electrons. The predicted octanol–water partition coefficient (Wildman–Crippen LogP) is 4.33. The minimum atomic E-state index is -0.519. The number of nitro groups is 1. The molecule has 1 heterocycles. The first-order valence-electron chi connectivity index (χ1n) is 7.63. The van der Waals surface area contributed by atoms with E-state index < -0.39 is 10.2 Å².